The van der Waals surface area contributed by atoms with Gasteiger partial charge in [-0.05, 0) is 54.3 Å². The Bertz CT molecular complexity index is 953. The summed E-state index contributed by atoms with van der Waals surface area (Å²) in [5.74, 6) is -0.912. The number of nitrogens with zero attached hydrogens (tertiary/aromatic N) is 2. The van der Waals surface area contributed by atoms with Crippen LogP contribution in [0.1, 0.15) is 37.8 Å². The van der Waals surface area contributed by atoms with Crippen LogP contribution in [0.15, 0.2) is 54.1 Å². The van der Waals surface area contributed by atoms with Gasteiger partial charge in [0.15, 0.2) is 6.10 Å². The first-order valence-electron chi connectivity index (χ1n) is 9.72. The van der Waals surface area contributed by atoms with E-state index in [0.717, 1.165) is 11.3 Å². The third kappa shape index (κ3) is 6.21. The lowest BCUT2D eigenvalue weighted by molar-refractivity contribution is -0.148. The number of ether oxygens (including phenoxy) is 1. The highest BCUT2D eigenvalue weighted by molar-refractivity contribution is 6.01. The third-order valence-electron chi connectivity index (χ3n) is 4.56. The summed E-state index contributed by atoms with van der Waals surface area (Å²) >= 11 is 0. The third-order valence-corrected chi connectivity index (χ3v) is 4.56. The fourth-order valence-electron chi connectivity index (χ4n) is 2.65. The van der Waals surface area contributed by atoms with E-state index in [9.17, 15) is 14.9 Å². The molecule has 0 bridgehead atoms. The van der Waals surface area contributed by atoms with E-state index in [1.807, 2.05) is 49.3 Å². The smallest absolute Gasteiger partial charge is 0.349 e. The molecular formula is C24H27N3O3. The molecule has 0 spiro atoms. The van der Waals surface area contributed by atoms with E-state index in [4.69, 9.17) is 4.74 Å². The van der Waals surface area contributed by atoms with Gasteiger partial charge in [0.05, 0.1) is 0 Å². The standard InChI is InChI=1S/C24H27N3O3/c1-16(2)19-8-10-21(11-9-19)26-23(28)17(3)30-24(29)20(15-25)14-18-6-12-22(13-7-18)27(4)5/h6-14,16-17H,1-5H3,(H,26,28)/b20-14+. The average molecular weight is 405 g/mol. The summed E-state index contributed by atoms with van der Waals surface area (Å²) in [6.45, 7) is 5.65. The fourth-order valence-corrected chi connectivity index (χ4v) is 2.65. The number of hydrogen-bond donors (Lipinski definition) is 1. The monoisotopic (exact) mass is 405 g/mol. The molecule has 2 aromatic rings. The highest BCUT2D eigenvalue weighted by atomic mass is 16.5. The van der Waals surface area contributed by atoms with Gasteiger partial charge in [-0.3, -0.25) is 4.79 Å². The van der Waals surface area contributed by atoms with Crippen LogP contribution in [0.25, 0.3) is 6.08 Å². The summed E-state index contributed by atoms with van der Waals surface area (Å²) in [7, 11) is 3.85. The molecule has 2 aromatic carbocycles. The lowest BCUT2D eigenvalue weighted by atomic mass is 10.0. The predicted molar refractivity (Wildman–Crippen MR) is 119 cm³/mol. The van der Waals surface area contributed by atoms with Gasteiger partial charge in [0.1, 0.15) is 11.6 Å². The minimum Gasteiger partial charge on any atom is -0.448 e. The van der Waals surface area contributed by atoms with Gasteiger partial charge in [-0.1, -0.05) is 38.1 Å². The minimum absolute atomic E-state index is 0.173. The lowest BCUT2D eigenvalue weighted by Gasteiger charge is -2.14. The number of rotatable bonds is 7. The summed E-state index contributed by atoms with van der Waals surface area (Å²) in [5.41, 5.74) is 3.30. The van der Waals surface area contributed by atoms with E-state index in [0.29, 0.717) is 17.2 Å². The van der Waals surface area contributed by atoms with Crippen LogP contribution in [0.5, 0.6) is 0 Å². The first-order chi connectivity index (χ1) is 14.2. The summed E-state index contributed by atoms with van der Waals surface area (Å²) in [5, 5.41) is 12.0. The maximum atomic E-state index is 12.3. The Balaban J connectivity index is 2.01. The Morgan fingerprint density at radius 1 is 1.03 bits per heavy atom. The number of hydrogen-bond acceptors (Lipinski definition) is 5. The molecule has 0 fully saturated rings. The van der Waals surface area contributed by atoms with E-state index in [1.165, 1.54) is 13.0 Å². The van der Waals surface area contributed by atoms with Crippen LogP contribution in [-0.2, 0) is 14.3 Å². The van der Waals surface area contributed by atoms with Crippen molar-refractivity contribution in [2.75, 3.05) is 24.3 Å². The molecular weight excluding hydrogens is 378 g/mol. The molecule has 0 radical (unpaired) electrons. The summed E-state index contributed by atoms with van der Waals surface area (Å²) in [4.78, 5) is 26.6. The average Bonchev–Trinajstić information content (AvgIpc) is 2.72. The van der Waals surface area contributed by atoms with Crippen LogP contribution >= 0.6 is 0 Å². The van der Waals surface area contributed by atoms with Gasteiger partial charge in [-0.25, -0.2) is 4.79 Å². The molecule has 1 unspecified atom stereocenters. The Labute approximate surface area is 177 Å². The van der Waals surface area contributed by atoms with Crippen molar-refractivity contribution in [1.82, 2.24) is 0 Å². The lowest BCUT2D eigenvalue weighted by Crippen LogP contribution is -2.30. The largest absolute Gasteiger partial charge is 0.448 e. The first kappa shape index (κ1) is 22.7. The van der Waals surface area contributed by atoms with Crippen molar-refractivity contribution in [2.24, 2.45) is 0 Å². The second-order valence-corrected chi connectivity index (χ2v) is 7.47. The van der Waals surface area contributed by atoms with Crippen molar-refractivity contribution in [1.29, 1.82) is 5.26 Å². The molecule has 156 valence electrons. The Morgan fingerprint density at radius 2 is 1.63 bits per heavy atom. The molecule has 30 heavy (non-hydrogen) atoms. The zero-order chi connectivity index (χ0) is 22.3. The van der Waals surface area contributed by atoms with Crippen LogP contribution < -0.4 is 10.2 Å². The number of carbonyl (C=O) groups excluding carboxylic acids is 2. The number of amides is 1. The van der Waals surface area contributed by atoms with Gasteiger partial charge in [0.25, 0.3) is 5.91 Å². The molecule has 1 amide bonds. The molecule has 0 heterocycles. The second kappa shape index (κ2) is 10.3. The van der Waals surface area contributed by atoms with Gasteiger partial charge < -0.3 is 15.0 Å². The van der Waals surface area contributed by atoms with Crippen molar-refractivity contribution >= 4 is 29.3 Å². The zero-order valence-corrected chi connectivity index (χ0v) is 18.0. The number of benzene rings is 2. The predicted octanol–water partition coefficient (Wildman–Crippen LogP) is 4.35. The first-order valence-corrected chi connectivity index (χ1v) is 9.72. The molecule has 2 rings (SSSR count). The summed E-state index contributed by atoms with van der Waals surface area (Å²) in [6, 6.07) is 16.7. The van der Waals surface area contributed by atoms with Crippen molar-refractivity contribution in [3.63, 3.8) is 0 Å². The molecule has 1 atom stereocenters. The summed E-state index contributed by atoms with van der Waals surface area (Å²) < 4.78 is 5.18. The number of nitrogens with one attached hydrogen (secondary N) is 1. The maximum absolute atomic E-state index is 12.3. The van der Waals surface area contributed by atoms with E-state index in [2.05, 4.69) is 19.2 Å². The highest BCUT2D eigenvalue weighted by Gasteiger charge is 2.20. The number of nitriles is 1. The molecule has 0 aliphatic rings. The van der Waals surface area contributed by atoms with Gasteiger partial charge in [-0.2, -0.15) is 5.26 Å². The summed E-state index contributed by atoms with van der Waals surface area (Å²) in [6.07, 6.45) is 0.395. The molecule has 0 aromatic heterocycles. The van der Waals surface area contributed by atoms with Crippen molar-refractivity contribution in [2.45, 2.75) is 32.8 Å². The van der Waals surface area contributed by atoms with E-state index >= 15 is 0 Å². The normalized spacial score (nSPS) is 12.1. The Morgan fingerprint density at radius 3 is 2.13 bits per heavy atom. The van der Waals surface area contributed by atoms with Crippen LogP contribution in [0.2, 0.25) is 0 Å². The topological polar surface area (TPSA) is 82.4 Å². The van der Waals surface area contributed by atoms with Gasteiger partial charge in [-0.15, -0.1) is 0 Å². The highest BCUT2D eigenvalue weighted by Crippen LogP contribution is 2.18. The van der Waals surface area contributed by atoms with E-state index in [-0.39, 0.29) is 5.57 Å². The fraction of sp³-hybridized carbons (Fsp3) is 0.292. The molecule has 0 aliphatic heterocycles. The quantitative estimate of drug-likeness (QED) is 0.421. The van der Waals surface area contributed by atoms with Crippen molar-refractivity contribution < 1.29 is 14.3 Å². The zero-order valence-electron chi connectivity index (χ0n) is 18.0. The molecule has 0 aliphatic carbocycles. The van der Waals surface area contributed by atoms with E-state index < -0.39 is 18.0 Å². The SMILES string of the molecule is CC(OC(=O)/C(C#N)=C/c1ccc(N(C)C)cc1)C(=O)Nc1ccc(C(C)C)cc1. The van der Waals surface area contributed by atoms with Crippen LogP contribution in [0.4, 0.5) is 11.4 Å². The molecule has 6 nitrogen and oxygen atoms in total. The molecule has 6 heteroatoms. The van der Waals surface area contributed by atoms with Crippen LogP contribution in [-0.4, -0.2) is 32.1 Å². The Kier molecular flexibility index (Phi) is 7.76. The van der Waals surface area contributed by atoms with Crippen LogP contribution in [0, 0.1) is 11.3 Å². The minimum atomic E-state index is -1.05. The van der Waals surface area contributed by atoms with Gasteiger partial charge in [0.2, 0.25) is 0 Å². The van der Waals surface area contributed by atoms with Gasteiger partial charge >= 0.3 is 5.97 Å². The number of esters is 1. The molecule has 1 N–H and O–H groups in total. The molecule has 0 saturated heterocycles. The van der Waals surface area contributed by atoms with E-state index in [1.54, 1.807) is 24.3 Å². The second-order valence-electron chi connectivity index (χ2n) is 7.47. The van der Waals surface area contributed by atoms with Crippen LogP contribution in [0.3, 0.4) is 0 Å². The van der Waals surface area contributed by atoms with Crippen molar-refractivity contribution in [3.05, 3.63) is 65.2 Å². The maximum Gasteiger partial charge on any atom is 0.349 e. The number of carbonyl (C=O) groups is 2. The van der Waals surface area contributed by atoms with Crippen molar-refractivity contribution in [3.8, 4) is 6.07 Å². The number of anilines is 2. The van der Waals surface area contributed by atoms with Gasteiger partial charge in [0, 0.05) is 25.5 Å². The molecule has 0 saturated carbocycles. The Hall–Kier alpha value is -3.59.